The van der Waals surface area contributed by atoms with Crippen LogP contribution in [0.15, 0.2) is 101 Å². The lowest BCUT2D eigenvalue weighted by Crippen LogP contribution is -2.29. The second-order valence-electron chi connectivity index (χ2n) is 7.20. The van der Waals surface area contributed by atoms with Gasteiger partial charge in [0.25, 0.3) is 0 Å². The minimum atomic E-state index is -3.71. The lowest BCUT2D eigenvalue weighted by molar-refractivity contribution is 0.557. The van der Waals surface area contributed by atoms with E-state index >= 15 is 0 Å². The lowest BCUT2D eigenvalue weighted by atomic mass is 10.1. The van der Waals surface area contributed by atoms with Crippen molar-refractivity contribution < 1.29 is 12.8 Å². The van der Waals surface area contributed by atoms with Crippen LogP contribution in [0.3, 0.4) is 0 Å². The standard InChI is InChI=1S/C24H18FNO2S2/c25-17-12-14-18(15-13-17)29-24-21-11-5-7-16-6-4-10-20(22(16)21)23(24)26-30(27,28)19-8-2-1-3-9-19/h1-15,23-24,26H/t23-,24-/m1/s1. The topological polar surface area (TPSA) is 46.2 Å². The lowest BCUT2D eigenvalue weighted by Gasteiger charge is -2.23. The first-order valence-electron chi connectivity index (χ1n) is 9.54. The first-order chi connectivity index (χ1) is 14.5. The summed E-state index contributed by atoms with van der Waals surface area (Å²) in [5.74, 6) is -0.294. The Bertz CT molecular complexity index is 1320. The van der Waals surface area contributed by atoms with E-state index in [0.717, 1.165) is 26.8 Å². The smallest absolute Gasteiger partial charge is 0.207 e. The van der Waals surface area contributed by atoms with Gasteiger partial charge in [0.2, 0.25) is 10.0 Å². The summed E-state index contributed by atoms with van der Waals surface area (Å²) in [5.41, 5.74) is 2.04. The first kappa shape index (κ1) is 19.3. The zero-order valence-corrected chi connectivity index (χ0v) is 17.5. The van der Waals surface area contributed by atoms with Crippen molar-refractivity contribution in [2.24, 2.45) is 0 Å². The number of halogens is 1. The Hall–Kier alpha value is -2.67. The average molecular weight is 436 g/mol. The summed E-state index contributed by atoms with van der Waals surface area (Å²) in [6.07, 6.45) is 0. The second-order valence-corrected chi connectivity index (χ2v) is 10.1. The number of hydrogen-bond acceptors (Lipinski definition) is 3. The van der Waals surface area contributed by atoms with Crippen molar-refractivity contribution in [2.75, 3.05) is 0 Å². The summed E-state index contributed by atoms with van der Waals surface area (Å²) < 4.78 is 42.6. The molecule has 0 spiro atoms. The molecule has 5 rings (SSSR count). The molecule has 4 aromatic rings. The third kappa shape index (κ3) is 3.41. The van der Waals surface area contributed by atoms with Crippen molar-refractivity contribution in [3.63, 3.8) is 0 Å². The maximum atomic E-state index is 13.4. The number of nitrogens with one attached hydrogen (secondary N) is 1. The number of hydrogen-bond donors (Lipinski definition) is 1. The van der Waals surface area contributed by atoms with Crippen LogP contribution < -0.4 is 4.72 Å². The van der Waals surface area contributed by atoms with E-state index in [1.807, 2.05) is 36.4 Å². The van der Waals surface area contributed by atoms with Crippen LogP contribution >= 0.6 is 11.8 Å². The summed E-state index contributed by atoms with van der Waals surface area (Å²) in [6.45, 7) is 0. The van der Waals surface area contributed by atoms with Crippen LogP contribution in [0.1, 0.15) is 22.4 Å². The molecule has 0 aliphatic heterocycles. The van der Waals surface area contributed by atoms with Crippen molar-refractivity contribution in [3.05, 3.63) is 108 Å². The fourth-order valence-electron chi connectivity index (χ4n) is 3.99. The van der Waals surface area contributed by atoms with Gasteiger partial charge < -0.3 is 0 Å². The molecule has 2 atom stereocenters. The maximum absolute atomic E-state index is 13.4. The predicted molar refractivity (Wildman–Crippen MR) is 118 cm³/mol. The molecule has 6 heteroatoms. The molecule has 150 valence electrons. The molecule has 0 saturated carbocycles. The van der Waals surface area contributed by atoms with E-state index in [-0.39, 0.29) is 16.0 Å². The predicted octanol–water partition coefficient (Wildman–Crippen LogP) is 5.85. The Morgan fingerprint density at radius 3 is 2.13 bits per heavy atom. The number of benzene rings is 4. The largest absolute Gasteiger partial charge is 0.241 e. The van der Waals surface area contributed by atoms with Gasteiger partial charge in [-0.15, -0.1) is 11.8 Å². The highest BCUT2D eigenvalue weighted by Gasteiger charge is 2.37. The van der Waals surface area contributed by atoms with Crippen molar-refractivity contribution in [1.82, 2.24) is 4.72 Å². The molecule has 0 heterocycles. The molecule has 0 bridgehead atoms. The summed E-state index contributed by atoms with van der Waals surface area (Å²) >= 11 is 1.54. The van der Waals surface area contributed by atoms with E-state index < -0.39 is 16.1 Å². The van der Waals surface area contributed by atoms with Gasteiger partial charge in [-0.2, -0.15) is 0 Å². The molecule has 0 saturated heterocycles. The number of sulfonamides is 1. The highest BCUT2D eigenvalue weighted by atomic mass is 32.2. The van der Waals surface area contributed by atoms with Crippen LogP contribution in [0, 0.1) is 5.82 Å². The molecule has 0 radical (unpaired) electrons. The molecule has 30 heavy (non-hydrogen) atoms. The van der Waals surface area contributed by atoms with E-state index in [2.05, 4.69) is 4.72 Å². The van der Waals surface area contributed by atoms with Gasteiger partial charge in [0.05, 0.1) is 16.2 Å². The Morgan fingerprint density at radius 2 is 1.43 bits per heavy atom. The Labute approximate surface area is 179 Å². The van der Waals surface area contributed by atoms with Crippen LogP contribution in [-0.2, 0) is 10.0 Å². The molecular weight excluding hydrogens is 417 g/mol. The third-order valence-corrected chi connectivity index (χ3v) is 8.11. The molecule has 0 amide bonds. The van der Waals surface area contributed by atoms with Crippen molar-refractivity contribution >= 4 is 32.6 Å². The van der Waals surface area contributed by atoms with Crippen LogP contribution in [0.5, 0.6) is 0 Å². The zero-order valence-electron chi connectivity index (χ0n) is 15.8. The van der Waals surface area contributed by atoms with Crippen LogP contribution in [-0.4, -0.2) is 8.42 Å². The summed E-state index contributed by atoms with van der Waals surface area (Å²) in [7, 11) is -3.71. The minimum absolute atomic E-state index is 0.171. The third-order valence-electron chi connectivity index (χ3n) is 5.33. The highest BCUT2D eigenvalue weighted by Crippen LogP contribution is 2.53. The van der Waals surface area contributed by atoms with Crippen molar-refractivity contribution in [1.29, 1.82) is 0 Å². The van der Waals surface area contributed by atoms with E-state index in [4.69, 9.17) is 0 Å². The van der Waals surface area contributed by atoms with E-state index in [1.165, 1.54) is 23.9 Å². The average Bonchev–Trinajstić information content (AvgIpc) is 3.05. The quantitative estimate of drug-likeness (QED) is 0.428. The van der Waals surface area contributed by atoms with Crippen LogP contribution in [0.2, 0.25) is 0 Å². The molecule has 0 fully saturated rings. The van der Waals surface area contributed by atoms with Crippen molar-refractivity contribution in [3.8, 4) is 0 Å². The number of rotatable bonds is 5. The summed E-state index contributed by atoms with van der Waals surface area (Å²) in [5, 5.41) is 1.99. The monoisotopic (exact) mass is 435 g/mol. The minimum Gasteiger partial charge on any atom is -0.207 e. The maximum Gasteiger partial charge on any atom is 0.241 e. The fraction of sp³-hybridized carbons (Fsp3) is 0.0833. The Balaban J connectivity index is 1.60. The van der Waals surface area contributed by atoms with E-state index in [1.54, 1.807) is 42.5 Å². The molecule has 1 aliphatic rings. The Kier molecular flexibility index (Phi) is 4.85. The highest BCUT2D eigenvalue weighted by molar-refractivity contribution is 7.99. The Morgan fingerprint density at radius 1 is 0.767 bits per heavy atom. The van der Waals surface area contributed by atoms with Gasteiger partial charge in [0.15, 0.2) is 0 Å². The summed E-state index contributed by atoms with van der Waals surface area (Å²) in [6, 6.07) is 26.3. The molecule has 3 nitrogen and oxygen atoms in total. The van der Waals surface area contributed by atoms with Gasteiger partial charge in [-0.1, -0.05) is 54.6 Å². The fourth-order valence-corrected chi connectivity index (χ4v) is 6.59. The van der Waals surface area contributed by atoms with E-state index in [9.17, 15) is 12.8 Å². The molecule has 0 aromatic heterocycles. The van der Waals surface area contributed by atoms with Gasteiger partial charge >= 0.3 is 0 Å². The van der Waals surface area contributed by atoms with Gasteiger partial charge in [0.1, 0.15) is 5.82 Å². The second kappa shape index (κ2) is 7.54. The zero-order chi connectivity index (χ0) is 20.7. The normalized spacial score (nSPS) is 18.0. The molecule has 4 aromatic carbocycles. The van der Waals surface area contributed by atoms with Gasteiger partial charge in [-0.25, -0.2) is 17.5 Å². The molecule has 1 aliphatic carbocycles. The van der Waals surface area contributed by atoms with E-state index in [0.29, 0.717) is 0 Å². The van der Waals surface area contributed by atoms with Gasteiger partial charge in [-0.05, 0) is 58.3 Å². The van der Waals surface area contributed by atoms with Crippen LogP contribution in [0.4, 0.5) is 4.39 Å². The van der Waals surface area contributed by atoms with Gasteiger partial charge in [-0.3, -0.25) is 0 Å². The van der Waals surface area contributed by atoms with Gasteiger partial charge in [0, 0.05) is 4.90 Å². The van der Waals surface area contributed by atoms with Crippen LogP contribution in [0.25, 0.3) is 10.8 Å². The van der Waals surface area contributed by atoms with Crippen molar-refractivity contribution in [2.45, 2.75) is 21.1 Å². The molecule has 1 N–H and O–H groups in total. The number of thioether (sulfide) groups is 1. The molecular formula is C24H18FNO2S2. The summed E-state index contributed by atoms with van der Waals surface area (Å²) in [4.78, 5) is 1.12. The SMILES string of the molecule is O=S(=O)(N[C@@H]1c2cccc3cccc(c23)[C@H]1Sc1ccc(F)cc1)c1ccccc1. The molecule has 0 unspecified atom stereocenters. The first-order valence-corrected chi connectivity index (χ1v) is 11.9.